The van der Waals surface area contributed by atoms with Crippen LogP contribution in [0.3, 0.4) is 0 Å². The first-order chi connectivity index (χ1) is 4.41. The minimum absolute atomic E-state index is 1.50. The van der Waals surface area contributed by atoms with Gasteiger partial charge in [-0.05, 0) is 24.4 Å². The van der Waals surface area contributed by atoms with Gasteiger partial charge in [0.2, 0.25) is 0 Å². The summed E-state index contributed by atoms with van der Waals surface area (Å²) in [5.74, 6) is 0. The highest BCUT2D eigenvalue weighted by atomic mass is 32.1. The van der Waals surface area contributed by atoms with Gasteiger partial charge in [0, 0.05) is 4.31 Å². The zero-order valence-electron chi connectivity index (χ0n) is 5.56. The summed E-state index contributed by atoms with van der Waals surface area (Å²) in [6.45, 7) is 0. The quantitative estimate of drug-likeness (QED) is 0.498. The van der Waals surface area contributed by atoms with Crippen LogP contribution in [-0.4, -0.2) is 4.31 Å². The maximum absolute atomic E-state index is 3.96. The minimum Gasteiger partial charge on any atom is -0.0533 e. The van der Waals surface area contributed by atoms with Crippen LogP contribution in [0.4, 0.5) is 0 Å². The van der Waals surface area contributed by atoms with E-state index in [1.165, 1.54) is 38.5 Å². The maximum Gasteiger partial charge on any atom is 0.0297 e. The van der Waals surface area contributed by atoms with Crippen LogP contribution in [-0.2, 0) is 0 Å². The SMILES string of the molecule is C1CCCCC1.S=C=S. The summed E-state index contributed by atoms with van der Waals surface area (Å²) >= 11 is 7.92. The predicted octanol–water partition coefficient (Wildman–Crippen LogP) is 3.36. The Hall–Kier alpha value is 0.220. The highest BCUT2D eigenvalue weighted by molar-refractivity contribution is 7.93. The molecule has 0 saturated heterocycles. The number of hydrogen-bond donors (Lipinski definition) is 0. The Morgan fingerprint density at radius 1 is 0.667 bits per heavy atom. The van der Waals surface area contributed by atoms with Crippen LogP contribution >= 0.6 is 24.4 Å². The normalized spacial score (nSPS) is 16.9. The van der Waals surface area contributed by atoms with E-state index in [2.05, 4.69) is 24.4 Å². The fourth-order valence-corrected chi connectivity index (χ4v) is 1.06. The van der Waals surface area contributed by atoms with Crippen LogP contribution < -0.4 is 0 Å². The summed E-state index contributed by atoms with van der Waals surface area (Å²) in [7, 11) is 0. The van der Waals surface area contributed by atoms with Gasteiger partial charge in [0.25, 0.3) is 0 Å². The smallest absolute Gasteiger partial charge is 0.0297 e. The van der Waals surface area contributed by atoms with Crippen LogP contribution in [0.1, 0.15) is 38.5 Å². The molecule has 0 heterocycles. The Morgan fingerprint density at radius 3 is 0.889 bits per heavy atom. The standard InChI is InChI=1S/C6H12.CS2/c1-2-4-6-5-3-1;2-1-3/h1-6H2;. The van der Waals surface area contributed by atoms with E-state index >= 15 is 0 Å². The molecule has 0 unspecified atom stereocenters. The van der Waals surface area contributed by atoms with Crippen molar-refractivity contribution in [1.29, 1.82) is 0 Å². The molecule has 9 heavy (non-hydrogen) atoms. The molecule has 0 N–H and O–H groups in total. The largest absolute Gasteiger partial charge is 0.0533 e. The molecule has 1 saturated carbocycles. The molecular weight excluding hydrogens is 148 g/mol. The molecular formula is C7H12S2. The van der Waals surface area contributed by atoms with Gasteiger partial charge in [-0.2, -0.15) is 0 Å². The molecule has 0 aliphatic heterocycles. The minimum atomic E-state index is 1.50. The summed E-state index contributed by atoms with van der Waals surface area (Å²) in [6, 6.07) is 0. The van der Waals surface area contributed by atoms with E-state index in [0.29, 0.717) is 0 Å². The predicted molar refractivity (Wildman–Crippen MR) is 47.9 cm³/mol. The Labute approximate surface area is 67.6 Å². The molecule has 0 atom stereocenters. The molecule has 2 heteroatoms. The third-order valence-electron chi connectivity index (χ3n) is 1.50. The summed E-state index contributed by atoms with van der Waals surface area (Å²) in [5, 5.41) is 0. The highest BCUT2D eigenvalue weighted by Crippen LogP contribution is 2.15. The van der Waals surface area contributed by atoms with Crippen LogP contribution in [0.25, 0.3) is 0 Å². The zero-order chi connectivity index (χ0) is 6.95. The van der Waals surface area contributed by atoms with Crippen molar-refractivity contribution in [2.75, 3.05) is 0 Å². The second-order valence-corrected chi connectivity index (χ2v) is 2.87. The lowest BCUT2D eigenvalue weighted by atomic mass is 10.0. The van der Waals surface area contributed by atoms with Crippen molar-refractivity contribution in [3.05, 3.63) is 0 Å². The van der Waals surface area contributed by atoms with Gasteiger partial charge in [-0.25, -0.2) is 0 Å². The second-order valence-electron chi connectivity index (χ2n) is 2.20. The highest BCUT2D eigenvalue weighted by Gasteiger charge is 1.95. The first kappa shape index (κ1) is 9.22. The van der Waals surface area contributed by atoms with Gasteiger partial charge in [-0.1, -0.05) is 38.5 Å². The van der Waals surface area contributed by atoms with E-state index in [1.807, 2.05) is 4.31 Å². The van der Waals surface area contributed by atoms with Gasteiger partial charge in [0.05, 0.1) is 0 Å². The number of rotatable bonds is 0. The molecule has 0 amide bonds. The van der Waals surface area contributed by atoms with E-state index in [0.717, 1.165) is 0 Å². The topological polar surface area (TPSA) is 0 Å². The van der Waals surface area contributed by atoms with Crippen LogP contribution in [0.2, 0.25) is 0 Å². The van der Waals surface area contributed by atoms with Crippen molar-refractivity contribution in [1.82, 2.24) is 0 Å². The van der Waals surface area contributed by atoms with Gasteiger partial charge >= 0.3 is 0 Å². The van der Waals surface area contributed by atoms with Crippen LogP contribution in [0.5, 0.6) is 0 Å². The molecule has 0 radical (unpaired) electrons. The average molecular weight is 160 g/mol. The van der Waals surface area contributed by atoms with E-state index < -0.39 is 0 Å². The van der Waals surface area contributed by atoms with Gasteiger partial charge in [-0.3, -0.25) is 0 Å². The molecule has 1 aliphatic carbocycles. The van der Waals surface area contributed by atoms with Crippen molar-refractivity contribution in [3.8, 4) is 0 Å². The molecule has 0 nitrogen and oxygen atoms in total. The van der Waals surface area contributed by atoms with E-state index in [4.69, 9.17) is 0 Å². The molecule has 0 bridgehead atoms. The van der Waals surface area contributed by atoms with Gasteiger partial charge in [0.15, 0.2) is 0 Å². The Bertz CT molecular complexity index is 67.4. The lowest BCUT2D eigenvalue weighted by Crippen LogP contribution is -1.85. The monoisotopic (exact) mass is 160 g/mol. The zero-order valence-corrected chi connectivity index (χ0v) is 7.19. The molecule has 1 rings (SSSR count). The van der Waals surface area contributed by atoms with Gasteiger partial charge in [-0.15, -0.1) is 0 Å². The molecule has 0 aromatic heterocycles. The van der Waals surface area contributed by atoms with E-state index in [9.17, 15) is 0 Å². The van der Waals surface area contributed by atoms with Crippen molar-refractivity contribution < 1.29 is 0 Å². The van der Waals surface area contributed by atoms with Crippen molar-refractivity contribution in [2.45, 2.75) is 38.5 Å². The summed E-state index contributed by atoms with van der Waals surface area (Å²) in [6.07, 6.45) is 9.00. The third kappa shape index (κ3) is 8.22. The van der Waals surface area contributed by atoms with Crippen molar-refractivity contribution in [2.24, 2.45) is 0 Å². The van der Waals surface area contributed by atoms with E-state index in [-0.39, 0.29) is 0 Å². The lowest BCUT2D eigenvalue weighted by Gasteiger charge is -2.05. The van der Waals surface area contributed by atoms with Gasteiger partial charge < -0.3 is 0 Å². The Morgan fingerprint density at radius 2 is 0.778 bits per heavy atom. The molecule has 1 aliphatic rings. The van der Waals surface area contributed by atoms with Crippen molar-refractivity contribution in [3.63, 3.8) is 0 Å². The number of hydrogen-bond acceptors (Lipinski definition) is 2. The first-order valence-electron chi connectivity index (χ1n) is 3.41. The fraction of sp³-hybridized carbons (Fsp3) is 0.857. The average Bonchev–Trinajstić information content (AvgIpc) is 1.93. The third-order valence-corrected chi connectivity index (χ3v) is 1.50. The summed E-state index contributed by atoms with van der Waals surface area (Å²) in [4.78, 5) is 0. The molecule has 0 aromatic carbocycles. The molecule has 1 fully saturated rings. The van der Waals surface area contributed by atoms with Crippen LogP contribution in [0, 0.1) is 0 Å². The molecule has 0 spiro atoms. The number of thiocarbonyl (C=S) groups is 2. The molecule has 52 valence electrons. The second kappa shape index (κ2) is 8.22. The van der Waals surface area contributed by atoms with Gasteiger partial charge in [0.1, 0.15) is 0 Å². The van der Waals surface area contributed by atoms with Crippen molar-refractivity contribution >= 4 is 28.7 Å². The summed E-state index contributed by atoms with van der Waals surface area (Å²) < 4.78 is 1.92. The molecule has 0 aromatic rings. The van der Waals surface area contributed by atoms with Crippen LogP contribution in [0.15, 0.2) is 0 Å². The lowest BCUT2D eigenvalue weighted by molar-refractivity contribution is 0.504. The Kier molecular flexibility index (Phi) is 8.42. The van der Waals surface area contributed by atoms with E-state index in [1.54, 1.807) is 0 Å². The Balaban J connectivity index is 0.000000187. The summed E-state index contributed by atoms with van der Waals surface area (Å²) in [5.41, 5.74) is 0. The fourth-order valence-electron chi connectivity index (χ4n) is 1.06. The maximum atomic E-state index is 3.96. The first-order valence-corrected chi connectivity index (χ1v) is 4.22.